The number of allylic oxidation sites excluding steroid dienone is 2. The Morgan fingerprint density at radius 2 is 1.97 bits per heavy atom. The molecular formula is C23H28F3NO3. The summed E-state index contributed by atoms with van der Waals surface area (Å²) in [6, 6.07) is 0. The first kappa shape index (κ1) is 21.3. The van der Waals surface area contributed by atoms with Crippen LogP contribution >= 0.6 is 0 Å². The largest absolute Gasteiger partial charge is 0.490 e. The number of hydrogen-bond donors (Lipinski definition) is 0. The molecule has 0 N–H and O–H groups in total. The van der Waals surface area contributed by atoms with Gasteiger partial charge in [-0.25, -0.2) is 4.79 Å². The number of carbonyl (C=O) groups excluding carboxylic acids is 1. The zero-order valence-electron chi connectivity index (χ0n) is 17.4. The predicted octanol–water partition coefficient (Wildman–Crippen LogP) is 5.04. The number of terminal acetylenes is 1. The van der Waals surface area contributed by atoms with Gasteiger partial charge in [0.15, 0.2) is 5.60 Å². The third-order valence-electron chi connectivity index (χ3n) is 8.38. The lowest BCUT2D eigenvalue weighted by Gasteiger charge is -2.55. The molecule has 4 rings (SSSR count). The fourth-order valence-corrected chi connectivity index (χ4v) is 7.03. The Hall–Kier alpha value is -1.97. The minimum Gasteiger partial charge on any atom is -0.439 e. The molecule has 3 fully saturated rings. The van der Waals surface area contributed by atoms with Crippen molar-refractivity contribution in [2.75, 3.05) is 7.11 Å². The summed E-state index contributed by atoms with van der Waals surface area (Å²) in [5, 5.41) is 4.10. The molecule has 0 spiro atoms. The first-order valence-electron chi connectivity index (χ1n) is 10.7. The Labute approximate surface area is 175 Å². The highest BCUT2D eigenvalue weighted by molar-refractivity contribution is 5.96. The number of ether oxygens (including phenoxy) is 1. The molecule has 0 heterocycles. The first-order chi connectivity index (χ1) is 14.1. The highest BCUT2D eigenvalue weighted by Gasteiger charge is 2.65. The van der Waals surface area contributed by atoms with Gasteiger partial charge in [0.25, 0.3) is 0 Å². The van der Waals surface area contributed by atoms with Crippen LogP contribution in [0, 0.1) is 41.4 Å². The second-order valence-electron chi connectivity index (χ2n) is 9.46. The number of oxime groups is 1. The van der Waals surface area contributed by atoms with Gasteiger partial charge in [0.05, 0.1) is 5.71 Å². The van der Waals surface area contributed by atoms with E-state index in [1.165, 1.54) is 5.57 Å². The molecular weight excluding hydrogens is 395 g/mol. The van der Waals surface area contributed by atoms with Crippen LogP contribution in [0.4, 0.5) is 13.2 Å². The molecule has 0 aromatic rings. The van der Waals surface area contributed by atoms with Gasteiger partial charge in [0.2, 0.25) is 0 Å². The molecule has 0 saturated heterocycles. The average Bonchev–Trinajstić information content (AvgIpc) is 3.00. The number of carbonyl (C=O) groups is 1. The summed E-state index contributed by atoms with van der Waals surface area (Å²) < 4.78 is 43.9. The van der Waals surface area contributed by atoms with Gasteiger partial charge in [-0.05, 0) is 81.1 Å². The molecule has 0 radical (unpaired) electrons. The number of rotatable bonds is 2. The van der Waals surface area contributed by atoms with E-state index in [0.29, 0.717) is 37.0 Å². The van der Waals surface area contributed by atoms with E-state index in [4.69, 9.17) is 16.0 Å². The van der Waals surface area contributed by atoms with Gasteiger partial charge in [-0.15, -0.1) is 6.42 Å². The van der Waals surface area contributed by atoms with Crippen molar-refractivity contribution in [2.24, 2.45) is 34.2 Å². The minimum absolute atomic E-state index is 0.170. The van der Waals surface area contributed by atoms with Gasteiger partial charge >= 0.3 is 12.1 Å². The Morgan fingerprint density at radius 3 is 2.63 bits per heavy atom. The van der Waals surface area contributed by atoms with E-state index in [1.807, 2.05) is 6.92 Å². The van der Waals surface area contributed by atoms with Gasteiger partial charge in [0.1, 0.15) is 7.11 Å². The van der Waals surface area contributed by atoms with E-state index in [-0.39, 0.29) is 5.92 Å². The van der Waals surface area contributed by atoms with Crippen LogP contribution in [0.5, 0.6) is 0 Å². The summed E-state index contributed by atoms with van der Waals surface area (Å²) in [7, 11) is 1.56. The fourth-order valence-electron chi connectivity index (χ4n) is 7.03. The summed E-state index contributed by atoms with van der Waals surface area (Å²) in [5.41, 5.74) is 0.305. The molecule has 4 nitrogen and oxygen atoms in total. The van der Waals surface area contributed by atoms with Crippen molar-refractivity contribution in [3.63, 3.8) is 0 Å². The first-order valence-corrected chi connectivity index (χ1v) is 10.7. The Kier molecular flexibility index (Phi) is 5.19. The Balaban J connectivity index is 1.59. The molecule has 0 aromatic carbocycles. The second-order valence-corrected chi connectivity index (χ2v) is 9.46. The maximum atomic E-state index is 12.9. The monoisotopic (exact) mass is 423 g/mol. The molecule has 4 aliphatic carbocycles. The number of hydrogen-bond acceptors (Lipinski definition) is 4. The van der Waals surface area contributed by atoms with Crippen molar-refractivity contribution < 1.29 is 27.5 Å². The maximum Gasteiger partial charge on any atom is 0.490 e. The molecule has 0 aromatic heterocycles. The van der Waals surface area contributed by atoms with E-state index in [2.05, 4.69) is 17.2 Å². The topological polar surface area (TPSA) is 47.9 Å². The Morgan fingerprint density at radius 1 is 1.20 bits per heavy atom. The average molecular weight is 423 g/mol. The van der Waals surface area contributed by atoms with Crippen LogP contribution in [-0.4, -0.2) is 30.6 Å². The van der Waals surface area contributed by atoms with Crippen molar-refractivity contribution in [3.05, 3.63) is 11.6 Å². The third kappa shape index (κ3) is 3.14. The van der Waals surface area contributed by atoms with Crippen molar-refractivity contribution >= 4 is 11.7 Å². The van der Waals surface area contributed by atoms with E-state index in [1.54, 1.807) is 7.11 Å². The van der Waals surface area contributed by atoms with Crippen LogP contribution < -0.4 is 0 Å². The van der Waals surface area contributed by atoms with Crippen molar-refractivity contribution in [1.29, 1.82) is 0 Å². The number of halogens is 3. The molecule has 6 atom stereocenters. The zero-order valence-corrected chi connectivity index (χ0v) is 17.4. The van der Waals surface area contributed by atoms with Gasteiger partial charge in [-0.3, -0.25) is 0 Å². The molecule has 7 heteroatoms. The lowest BCUT2D eigenvalue weighted by molar-refractivity contribution is -0.219. The van der Waals surface area contributed by atoms with Crippen LogP contribution in [0.15, 0.2) is 16.8 Å². The summed E-state index contributed by atoms with van der Waals surface area (Å²) in [6.45, 7) is 1.94. The predicted molar refractivity (Wildman–Crippen MR) is 105 cm³/mol. The molecule has 3 saturated carbocycles. The van der Waals surface area contributed by atoms with E-state index >= 15 is 0 Å². The van der Waals surface area contributed by atoms with Gasteiger partial charge < -0.3 is 9.57 Å². The Bertz CT molecular complexity index is 827. The third-order valence-corrected chi connectivity index (χ3v) is 8.38. The SMILES string of the molecule is C#CC1(OC(=O)C(F)(F)F)CCC2C3CCC4=C/C(=N/OC)CCC4C3CCC21C. The van der Waals surface area contributed by atoms with E-state index in [9.17, 15) is 18.0 Å². The molecule has 164 valence electrons. The minimum atomic E-state index is -5.04. The molecule has 6 unspecified atom stereocenters. The zero-order chi connectivity index (χ0) is 21.7. The van der Waals surface area contributed by atoms with Gasteiger partial charge in [-0.2, -0.15) is 13.2 Å². The van der Waals surface area contributed by atoms with Crippen LogP contribution in [0.1, 0.15) is 58.3 Å². The van der Waals surface area contributed by atoms with Crippen LogP contribution in [-0.2, 0) is 14.4 Å². The molecule has 4 aliphatic rings. The van der Waals surface area contributed by atoms with Crippen molar-refractivity contribution in [1.82, 2.24) is 0 Å². The standard InChI is InChI=1S/C23H28F3NO3/c1-4-22(30-20(28)23(24,25)26)12-10-19-18-7-5-14-13-15(27-29-3)6-8-16(14)17(18)9-11-21(19,22)2/h1,13,16-19H,5-12H2,2-3H3/b27-15+. The highest BCUT2D eigenvalue weighted by atomic mass is 19.4. The lowest BCUT2D eigenvalue weighted by Crippen LogP contribution is -2.54. The summed E-state index contributed by atoms with van der Waals surface area (Å²) >= 11 is 0. The van der Waals surface area contributed by atoms with Crippen LogP contribution in [0.2, 0.25) is 0 Å². The number of alkyl halides is 3. The summed E-state index contributed by atoms with van der Waals surface area (Å²) in [6.07, 6.45) is 9.31. The van der Waals surface area contributed by atoms with Crippen molar-refractivity contribution in [3.8, 4) is 12.3 Å². The molecule has 30 heavy (non-hydrogen) atoms. The fraction of sp³-hybridized carbons (Fsp3) is 0.739. The second kappa shape index (κ2) is 7.32. The van der Waals surface area contributed by atoms with E-state index < -0.39 is 23.2 Å². The number of nitrogens with zero attached hydrogens (tertiary/aromatic N) is 1. The van der Waals surface area contributed by atoms with Gasteiger partial charge in [0, 0.05) is 5.41 Å². The summed E-state index contributed by atoms with van der Waals surface area (Å²) in [4.78, 5) is 16.6. The normalized spacial score (nSPS) is 41.7. The van der Waals surface area contributed by atoms with Gasteiger partial charge in [-0.1, -0.05) is 23.6 Å². The molecule has 0 bridgehead atoms. The number of fused-ring (bicyclic) bond motifs is 5. The maximum absolute atomic E-state index is 12.9. The van der Waals surface area contributed by atoms with E-state index in [0.717, 1.165) is 37.8 Å². The smallest absolute Gasteiger partial charge is 0.439 e. The number of esters is 1. The van der Waals surface area contributed by atoms with Crippen LogP contribution in [0.3, 0.4) is 0 Å². The van der Waals surface area contributed by atoms with Crippen LogP contribution in [0.25, 0.3) is 0 Å². The molecule has 0 aliphatic heterocycles. The lowest BCUT2D eigenvalue weighted by atomic mass is 9.50. The summed E-state index contributed by atoms with van der Waals surface area (Å²) in [5.74, 6) is 1.89. The molecule has 0 amide bonds. The van der Waals surface area contributed by atoms with Crippen molar-refractivity contribution in [2.45, 2.75) is 70.1 Å². The highest BCUT2D eigenvalue weighted by Crippen LogP contribution is 2.65. The quantitative estimate of drug-likeness (QED) is 0.355.